The summed E-state index contributed by atoms with van der Waals surface area (Å²) in [5, 5.41) is 11.3. The zero-order chi connectivity index (χ0) is 26.2. The topological polar surface area (TPSA) is 88.5 Å². The zero-order valence-electron chi connectivity index (χ0n) is 21.7. The van der Waals surface area contributed by atoms with Gasteiger partial charge in [0.25, 0.3) is 11.7 Å². The smallest absolute Gasteiger partial charge is 0.295 e. The van der Waals surface area contributed by atoms with E-state index >= 15 is 0 Å². The maximum Gasteiger partial charge on any atom is 0.295 e. The summed E-state index contributed by atoms with van der Waals surface area (Å²) in [6.07, 6.45) is 0.879. The van der Waals surface area contributed by atoms with E-state index in [2.05, 4.69) is 18.7 Å². The lowest BCUT2D eigenvalue weighted by molar-refractivity contribution is -0.140. The molecule has 0 radical (unpaired) electrons. The molecule has 0 aliphatic carbocycles. The predicted octanol–water partition coefficient (Wildman–Crippen LogP) is 4.26. The van der Waals surface area contributed by atoms with Gasteiger partial charge in [0, 0.05) is 18.7 Å². The highest BCUT2D eigenvalue weighted by molar-refractivity contribution is 6.46. The summed E-state index contributed by atoms with van der Waals surface area (Å²) >= 11 is 0. The standard InChI is InChI=1S/C28H36N2O6/c1-6-17-36-21-12-9-19(10-13-21)26(31)24-25(20-11-14-22(34-4)23(18-20)35-5)30(28(33)27(24)32)16-15-29(7-2)8-3/h9-14,18,25,31H,6-8,15-17H2,1-5H3/b26-24+/t25-/m0/s1. The van der Waals surface area contributed by atoms with E-state index in [1.54, 1.807) is 49.6 Å². The highest BCUT2D eigenvalue weighted by atomic mass is 16.5. The maximum atomic E-state index is 13.3. The van der Waals surface area contributed by atoms with Gasteiger partial charge in [-0.15, -0.1) is 0 Å². The van der Waals surface area contributed by atoms with Crippen LogP contribution < -0.4 is 14.2 Å². The number of Topliss-reactive ketones (excluding diaryl/α,β-unsaturated/α-hetero) is 1. The Morgan fingerprint density at radius 3 is 2.22 bits per heavy atom. The average Bonchev–Trinajstić information content (AvgIpc) is 3.16. The van der Waals surface area contributed by atoms with Crippen LogP contribution in [0.3, 0.4) is 0 Å². The minimum atomic E-state index is -0.767. The quantitative estimate of drug-likeness (QED) is 0.267. The van der Waals surface area contributed by atoms with Gasteiger partial charge in [0.15, 0.2) is 11.5 Å². The maximum absolute atomic E-state index is 13.3. The van der Waals surface area contributed by atoms with Crippen molar-refractivity contribution in [3.8, 4) is 17.2 Å². The van der Waals surface area contributed by atoms with Gasteiger partial charge in [-0.25, -0.2) is 0 Å². The molecule has 0 aromatic heterocycles. The number of nitrogens with zero attached hydrogens (tertiary/aromatic N) is 2. The first kappa shape index (κ1) is 27.1. The molecular formula is C28H36N2O6. The number of likely N-dealkylation sites (N-methyl/N-ethyl adjacent to an activating group) is 1. The van der Waals surface area contributed by atoms with Crippen LogP contribution in [-0.2, 0) is 9.59 Å². The molecule has 1 aliphatic heterocycles. The fourth-order valence-corrected chi connectivity index (χ4v) is 4.35. The summed E-state index contributed by atoms with van der Waals surface area (Å²) in [6.45, 7) is 9.31. The zero-order valence-corrected chi connectivity index (χ0v) is 21.7. The highest BCUT2D eigenvalue weighted by Gasteiger charge is 2.46. The molecule has 1 heterocycles. The Bertz CT molecular complexity index is 1090. The molecule has 1 aliphatic rings. The van der Waals surface area contributed by atoms with Gasteiger partial charge in [-0.3, -0.25) is 9.59 Å². The summed E-state index contributed by atoms with van der Waals surface area (Å²) in [5.41, 5.74) is 1.14. The summed E-state index contributed by atoms with van der Waals surface area (Å²) in [4.78, 5) is 30.2. The van der Waals surface area contributed by atoms with E-state index in [4.69, 9.17) is 14.2 Å². The second kappa shape index (κ2) is 12.4. The number of hydrogen-bond acceptors (Lipinski definition) is 7. The Morgan fingerprint density at radius 2 is 1.64 bits per heavy atom. The number of carbonyl (C=O) groups is 2. The van der Waals surface area contributed by atoms with E-state index in [0.29, 0.717) is 48.1 Å². The molecule has 0 unspecified atom stereocenters. The molecule has 36 heavy (non-hydrogen) atoms. The van der Waals surface area contributed by atoms with Gasteiger partial charge in [0.05, 0.1) is 32.4 Å². The van der Waals surface area contributed by atoms with Crippen LogP contribution in [0.4, 0.5) is 0 Å². The lowest BCUT2D eigenvalue weighted by Crippen LogP contribution is -2.38. The van der Waals surface area contributed by atoms with Crippen molar-refractivity contribution >= 4 is 17.4 Å². The van der Waals surface area contributed by atoms with Gasteiger partial charge in [0.2, 0.25) is 0 Å². The van der Waals surface area contributed by atoms with E-state index in [1.807, 2.05) is 6.92 Å². The van der Waals surface area contributed by atoms with Gasteiger partial charge < -0.3 is 29.1 Å². The molecule has 0 bridgehead atoms. The highest BCUT2D eigenvalue weighted by Crippen LogP contribution is 2.42. The van der Waals surface area contributed by atoms with Crippen LogP contribution in [0.2, 0.25) is 0 Å². The molecule has 194 valence electrons. The molecule has 2 aromatic carbocycles. The van der Waals surface area contributed by atoms with Crippen molar-refractivity contribution in [3.05, 3.63) is 59.2 Å². The summed E-state index contributed by atoms with van der Waals surface area (Å²) < 4.78 is 16.5. The molecule has 3 rings (SSSR count). The molecule has 0 saturated carbocycles. The van der Waals surface area contributed by atoms with Gasteiger partial charge in [-0.2, -0.15) is 0 Å². The van der Waals surface area contributed by atoms with Crippen LogP contribution in [0, 0.1) is 0 Å². The number of carbonyl (C=O) groups excluding carboxylic acids is 2. The second-order valence-electron chi connectivity index (χ2n) is 8.51. The normalized spacial score (nSPS) is 17.1. The van der Waals surface area contributed by atoms with E-state index in [0.717, 1.165) is 19.5 Å². The van der Waals surface area contributed by atoms with Crippen LogP contribution in [-0.4, -0.2) is 73.6 Å². The predicted molar refractivity (Wildman–Crippen MR) is 139 cm³/mol. The molecule has 1 N–H and O–H groups in total. The first-order valence-electron chi connectivity index (χ1n) is 12.4. The minimum absolute atomic E-state index is 0.0500. The Kier molecular flexibility index (Phi) is 9.36. The molecule has 1 saturated heterocycles. The van der Waals surface area contributed by atoms with E-state index in [9.17, 15) is 14.7 Å². The fraction of sp³-hybridized carbons (Fsp3) is 0.429. The van der Waals surface area contributed by atoms with Crippen LogP contribution >= 0.6 is 0 Å². The first-order valence-corrected chi connectivity index (χ1v) is 12.4. The molecule has 1 atom stereocenters. The van der Waals surface area contributed by atoms with E-state index < -0.39 is 17.7 Å². The number of ketones is 1. The van der Waals surface area contributed by atoms with Gasteiger partial charge in [-0.05, 0) is 61.5 Å². The number of hydrogen-bond donors (Lipinski definition) is 1. The minimum Gasteiger partial charge on any atom is -0.507 e. The van der Waals surface area contributed by atoms with Crippen molar-refractivity contribution in [3.63, 3.8) is 0 Å². The number of amides is 1. The van der Waals surface area contributed by atoms with Crippen LogP contribution in [0.1, 0.15) is 44.4 Å². The van der Waals surface area contributed by atoms with Gasteiger partial charge in [-0.1, -0.05) is 26.8 Å². The molecule has 0 spiro atoms. The third kappa shape index (κ3) is 5.65. The van der Waals surface area contributed by atoms with Crippen molar-refractivity contribution < 1.29 is 28.9 Å². The summed E-state index contributed by atoms with van der Waals surface area (Å²) in [6, 6.07) is 11.4. The Hall–Kier alpha value is -3.52. The van der Waals surface area contributed by atoms with E-state index in [1.165, 1.54) is 12.0 Å². The SMILES string of the molecule is CCCOc1ccc(/C(O)=C2\C(=O)C(=O)N(CCN(CC)CC)[C@H]2c2ccc(OC)c(OC)c2)cc1. The van der Waals surface area contributed by atoms with Gasteiger partial charge in [0.1, 0.15) is 11.5 Å². The molecule has 1 fully saturated rings. The van der Waals surface area contributed by atoms with Crippen molar-refractivity contribution in [2.24, 2.45) is 0 Å². The Balaban J connectivity index is 2.09. The average molecular weight is 497 g/mol. The van der Waals surface area contributed by atoms with Crippen molar-refractivity contribution in [1.29, 1.82) is 0 Å². The molecule has 8 nitrogen and oxygen atoms in total. The van der Waals surface area contributed by atoms with Gasteiger partial charge >= 0.3 is 0 Å². The van der Waals surface area contributed by atoms with Crippen LogP contribution in [0.25, 0.3) is 5.76 Å². The number of rotatable bonds is 12. The fourth-order valence-electron chi connectivity index (χ4n) is 4.35. The summed E-state index contributed by atoms with van der Waals surface area (Å²) in [5.74, 6) is 0.111. The third-order valence-corrected chi connectivity index (χ3v) is 6.42. The lowest BCUT2D eigenvalue weighted by Gasteiger charge is -2.28. The van der Waals surface area contributed by atoms with E-state index in [-0.39, 0.29) is 11.3 Å². The number of benzene rings is 2. The largest absolute Gasteiger partial charge is 0.507 e. The lowest BCUT2D eigenvalue weighted by atomic mass is 9.95. The number of aliphatic hydroxyl groups excluding tert-OH is 1. The Labute approximate surface area is 213 Å². The van der Waals surface area contributed by atoms with Crippen molar-refractivity contribution in [2.45, 2.75) is 33.2 Å². The molecule has 1 amide bonds. The number of ether oxygens (including phenoxy) is 3. The number of likely N-dealkylation sites (tertiary alicyclic amines) is 1. The second-order valence-corrected chi connectivity index (χ2v) is 8.51. The monoisotopic (exact) mass is 496 g/mol. The van der Waals surface area contributed by atoms with Crippen LogP contribution in [0.15, 0.2) is 48.0 Å². The Morgan fingerprint density at radius 1 is 0.972 bits per heavy atom. The summed E-state index contributed by atoms with van der Waals surface area (Å²) in [7, 11) is 3.07. The molecular weight excluding hydrogens is 460 g/mol. The number of aliphatic hydroxyl groups is 1. The number of methoxy groups -OCH3 is 2. The van der Waals surface area contributed by atoms with Crippen LogP contribution in [0.5, 0.6) is 17.2 Å². The van der Waals surface area contributed by atoms with Crippen molar-refractivity contribution in [1.82, 2.24) is 9.80 Å². The first-order chi connectivity index (χ1) is 17.4. The molecule has 2 aromatic rings. The molecule has 8 heteroatoms. The third-order valence-electron chi connectivity index (χ3n) is 6.42. The van der Waals surface area contributed by atoms with Crippen molar-refractivity contribution in [2.75, 3.05) is 47.0 Å².